The van der Waals surface area contributed by atoms with Gasteiger partial charge in [-0.15, -0.1) is 0 Å². The fraction of sp³-hybridized carbons (Fsp3) is 0.227. The van der Waals surface area contributed by atoms with Crippen molar-refractivity contribution < 1.29 is 4.39 Å². The lowest BCUT2D eigenvalue weighted by molar-refractivity contribution is 0.415. The molecule has 1 aliphatic rings. The molecule has 1 aliphatic carbocycles. The van der Waals surface area contributed by atoms with Gasteiger partial charge in [-0.25, -0.2) is 9.37 Å². The molecular weight excluding hydrogens is 339 g/mol. The summed E-state index contributed by atoms with van der Waals surface area (Å²) in [6.45, 7) is 0. The first kappa shape index (κ1) is 17.2. The second-order valence-corrected chi connectivity index (χ2v) is 6.93. The topological polar surface area (TPSA) is 75.6 Å². The molecule has 0 spiro atoms. The van der Waals surface area contributed by atoms with Gasteiger partial charge in [-0.3, -0.25) is 4.98 Å². The summed E-state index contributed by atoms with van der Waals surface area (Å²) in [5.74, 6) is 0.477. The number of benzene rings is 2. The van der Waals surface area contributed by atoms with E-state index in [0.29, 0.717) is 40.5 Å². The van der Waals surface area contributed by atoms with Crippen LogP contribution >= 0.6 is 0 Å². The number of nitriles is 1. The first-order valence-corrected chi connectivity index (χ1v) is 9.04. The van der Waals surface area contributed by atoms with Crippen LogP contribution in [-0.4, -0.2) is 9.97 Å². The van der Waals surface area contributed by atoms with Gasteiger partial charge in [0.25, 0.3) is 0 Å². The number of hydrogen-bond acceptors (Lipinski definition) is 4. The van der Waals surface area contributed by atoms with Gasteiger partial charge in [-0.2, -0.15) is 5.26 Å². The SMILES string of the molecule is N#Cc1ccc(Cc2c(C3CCC3)ccc(-c3cnc(N)cn3)c2F)cc1. The third-order valence-electron chi connectivity index (χ3n) is 5.24. The summed E-state index contributed by atoms with van der Waals surface area (Å²) in [5.41, 5.74) is 9.88. The smallest absolute Gasteiger partial charge is 0.141 e. The predicted molar refractivity (Wildman–Crippen MR) is 102 cm³/mol. The molecule has 1 fully saturated rings. The molecule has 2 aromatic carbocycles. The second-order valence-electron chi connectivity index (χ2n) is 6.93. The molecule has 3 aromatic rings. The number of rotatable bonds is 4. The molecule has 27 heavy (non-hydrogen) atoms. The van der Waals surface area contributed by atoms with E-state index in [4.69, 9.17) is 11.0 Å². The van der Waals surface area contributed by atoms with E-state index >= 15 is 4.39 Å². The number of nitrogen functional groups attached to an aromatic ring is 1. The highest BCUT2D eigenvalue weighted by Gasteiger charge is 2.25. The minimum absolute atomic E-state index is 0.247. The monoisotopic (exact) mass is 358 g/mol. The summed E-state index contributed by atoms with van der Waals surface area (Å²) in [7, 11) is 0. The van der Waals surface area contributed by atoms with Crippen molar-refractivity contribution >= 4 is 5.82 Å². The summed E-state index contributed by atoms with van der Waals surface area (Å²) < 4.78 is 15.5. The molecular formula is C22H19FN4. The molecule has 0 saturated heterocycles. The molecule has 2 N–H and O–H groups in total. The molecule has 1 saturated carbocycles. The lowest BCUT2D eigenvalue weighted by Crippen LogP contribution is -2.13. The average Bonchev–Trinajstić information content (AvgIpc) is 2.65. The third-order valence-corrected chi connectivity index (χ3v) is 5.24. The predicted octanol–water partition coefficient (Wildman–Crippen LogP) is 4.59. The van der Waals surface area contributed by atoms with E-state index in [2.05, 4.69) is 16.0 Å². The maximum absolute atomic E-state index is 15.5. The molecule has 0 aliphatic heterocycles. The fourth-order valence-electron chi connectivity index (χ4n) is 3.49. The van der Waals surface area contributed by atoms with Crippen molar-refractivity contribution in [3.63, 3.8) is 0 Å². The number of nitrogens with two attached hydrogens (primary N) is 1. The van der Waals surface area contributed by atoms with E-state index in [1.165, 1.54) is 18.8 Å². The van der Waals surface area contributed by atoms with E-state index in [-0.39, 0.29) is 5.82 Å². The molecule has 1 aromatic heterocycles. The molecule has 4 rings (SSSR count). The van der Waals surface area contributed by atoms with Crippen LogP contribution in [-0.2, 0) is 6.42 Å². The van der Waals surface area contributed by atoms with Gasteiger partial charge in [-0.05, 0) is 53.6 Å². The van der Waals surface area contributed by atoms with Crippen LogP contribution in [0, 0.1) is 17.1 Å². The largest absolute Gasteiger partial charge is 0.382 e. The Morgan fingerprint density at radius 2 is 1.85 bits per heavy atom. The van der Waals surface area contributed by atoms with Gasteiger partial charge in [0.05, 0.1) is 29.7 Å². The molecule has 4 nitrogen and oxygen atoms in total. The first-order valence-electron chi connectivity index (χ1n) is 9.04. The number of anilines is 1. The van der Waals surface area contributed by atoms with Crippen LogP contribution in [0.4, 0.5) is 10.2 Å². The zero-order valence-electron chi connectivity index (χ0n) is 14.8. The van der Waals surface area contributed by atoms with E-state index < -0.39 is 0 Å². The normalized spacial score (nSPS) is 13.8. The van der Waals surface area contributed by atoms with Gasteiger partial charge < -0.3 is 5.73 Å². The summed E-state index contributed by atoms with van der Waals surface area (Å²) in [6.07, 6.45) is 6.81. The van der Waals surface area contributed by atoms with Crippen molar-refractivity contribution in [1.82, 2.24) is 9.97 Å². The van der Waals surface area contributed by atoms with Gasteiger partial charge in [-0.1, -0.05) is 24.6 Å². The van der Waals surface area contributed by atoms with Crippen molar-refractivity contribution in [1.29, 1.82) is 5.26 Å². The van der Waals surface area contributed by atoms with Crippen LogP contribution in [0.25, 0.3) is 11.3 Å². The standard InChI is InChI=1S/C22H19FN4/c23-22-18(20-12-27-21(25)13-26-20)9-8-17(16-2-1-3-16)19(22)10-14-4-6-15(11-24)7-5-14/h4-9,12-13,16H,1-3,10H2,(H2,25,27). The van der Waals surface area contributed by atoms with Crippen LogP contribution in [0.1, 0.15) is 47.4 Å². The Hall–Kier alpha value is -3.26. The summed E-state index contributed by atoms with van der Waals surface area (Å²) in [5, 5.41) is 8.97. The highest BCUT2D eigenvalue weighted by atomic mass is 19.1. The Balaban J connectivity index is 1.77. The number of nitrogens with zero attached hydrogens (tertiary/aromatic N) is 3. The van der Waals surface area contributed by atoms with E-state index in [0.717, 1.165) is 24.0 Å². The van der Waals surface area contributed by atoms with Crippen molar-refractivity contribution in [2.24, 2.45) is 0 Å². The summed E-state index contributed by atoms with van der Waals surface area (Å²) in [4.78, 5) is 8.26. The zero-order valence-corrected chi connectivity index (χ0v) is 14.8. The maximum Gasteiger partial charge on any atom is 0.141 e. The highest BCUT2D eigenvalue weighted by molar-refractivity contribution is 5.63. The Bertz CT molecular complexity index is 1000. The summed E-state index contributed by atoms with van der Waals surface area (Å²) >= 11 is 0. The molecule has 0 amide bonds. The lowest BCUT2D eigenvalue weighted by Gasteiger charge is -2.29. The van der Waals surface area contributed by atoms with Gasteiger partial charge >= 0.3 is 0 Å². The average molecular weight is 358 g/mol. The van der Waals surface area contributed by atoms with Gasteiger partial charge in [0.15, 0.2) is 0 Å². The summed E-state index contributed by atoms with van der Waals surface area (Å²) in [6, 6.07) is 13.3. The minimum Gasteiger partial charge on any atom is -0.382 e. The second kappa shape index (κ2) is 7.16. The van der Waals surface area contributed by atoms with Gasteiger partial charge in [0.2, 0.25) is 0 Å². The number of aromatic nitrogens is 2. The molecule has 0 unspecified atom stereocenters. The zero-order chi connectivity index (χ0) is 18.8. The van der Waals surface area contributed by atoms with Crippen molar-refractivity contribution in [2.45, 2.75) is 31.6 Å². The maximum atomic E-state index is 15.5. The lowest BCUT2D eigenvalue weighted by atomic mass is 9.76. The van der Waals surface area contributed by atoms with Crippen LogP contribution in [0.3, 0.4) is 0 Å². The molecule has 0 radical (unpaired) electrons. The fourth-order valence-corrected chi connectivity index (χ4v) is 3.49. The third kappa shape index (κ3) is 3.39. The van der Waals surface area contributed by atoms with Crippen molar-refractivity contribution in [3.8, 4) is 17.3 Å². The van der Waals surface area contributed by atoms with Gasteiger partial charge in [0.1, 0.15) is 11.6 Å². The van der Waals surface area contributed by atoms with Crippen LogP contribution < -0.4 is 5.73 Å². The number of halogens is 1. The molecule has 0 bridgehead atoms. The Morgan fingerprint density at radius 3 is 2.44 bits per heavy atom. The number of hydrogen-bond donors (Lipinski definition) is 1. The molecule has 134 valence electrons. The molecule has 0 atom stereocenters. The van der Waals surface area contributed by atoms with Crippen molar-refractivity contribution in [3.05, 3.63) is 76.9 Å². The van der Waals surface area contributed by atoms with E-state index in [1.807, 2.05) is 18.2 Å². The Morgan fingerprint density at radius 1 is 1.07 bits per heavy atom. The highest BCUT2D eigenvalue weighted by Crippen LogP contribution is 2.41. The van der Waals surface area contributed by atoms with Crippen LogP contribution in [0.15, 0.2) is 48.8 Å². The van der Waals surface area contributed by atoms with Gasteiger partial charge in [0, 0.05) is 12.0 Å². The van der Waals surface area contributed by atoms with Crippen LogP contribution in [0.5, 0.6) is 0 Å². The quantitative estimate of drug-likeness (QED) is 0.740. The van der Waals surface area contributed by atoms with Crippen LogP contribution in [0.2, 0.25) is 0 Å². The molecule has 5 heteroatoms. The van der Waals surface area contributed by atoms with Crippen molar-refractivity contribution in [2.75, 3.05) is 5.73 Å². The Kier molecular flexibility index (Phi) is 4.55. The minimum atomic E-state index is -0.247. The Labute approximate surface area is 157 Å². The van der Waals surface area contributed by atoms with E-state index in [1.54, 1.807) is 18.2 Å². The first-order chi connectivity index (χ1) is 13.2. The molecule has 1 heterocycles. The van der Waals surface area contributed by atoms with E-state index in [9.17, 15) is 0 Å².